The number of aryl methyl sites for hydroxylation is 1. The minimum Gasteiger partial charge on any atom is -0.396 e. The van der Waals surface area contributed by atoms with Crippen molar-refractivity contribution < 1.29 is 5.11 Å². The molecule has 0 unspecified atom stereocenters. The smallest absolute Gasteiger partial charge is 0.0471 e. The van der Waals surface area contributed by atoms with Crippen LogP contribution in [0.4, 0.5) is 0 Å². The van der Waals surface area contributed by atoms with Crippen molar-refractivity contribution in [2.24, 2.45) is 0 Å². The molecule has 0 aliphatic rings. The van der Waals surface area contributed by atoms with Gasteiger partial charge < -0.3 is 5.11 Å². The van der Waals surface area contributed by atoms with Crippen LogP contribution >= 0.6 is 11.6 Å². The lowest BCUT2D eigenvalue weighted by atomic mass is 10.0. The fourth-order valence-electron chi connectivity index (χ4n) is 1.29. The first-order valence-corrected chi connectivity index (χ1v) is 4.54. The summed E-state index contributed by atoms with van der Waals surface area (Å²) in [6.45, 7) is 2.29. The maximum atomic E-state index is 8.79. The van der Waals surface area contributed by atoms with Crippen LogP contribution in [0.25, 0.3) is 0 Å². The van der Waals surface area contributed by atoms with Crippen LogP contribution in [-0.2, 0) is 12.8 Å². The van der Waals surface area contributed by atoms with Crippen molar-refractivity contribution in [1.29, 1.82) is 0 Å². The zero-order chi connectivity index (χ0) is 8.97. The quantitative estimate of drug-likeness (QED) is 0.765. The summed E-state index contributed by atoms with van der Waals surface area (Å²) in [4.78, 5) is 0. The van der Waals surface area contributed by atoms with Crippen LogP contribution in [-0.4, -0.2) is 11.7 Å². The minimum absolute atomic E-state index is 0.188. The highest BCUT2D eigenvalue weighted by atomic mass is 35.5. The Morgan fingerprint density at radius 3 is 2.67 bits per heavy atom. The van der Waals surface area contributed by atoms with Crippen molar-refractivity contribution in [2.75, 3.05) is 6.61 Å². The average Bonchev–Trinajstić information content (AvgIpc) is 2.05. The molecule has 0 aliphatic carbocycles. The van der Waals surface area contributed by atoms with E-state index >= 15 is 0 Å². The molecule has 0 saturated carbocycles. The zero-order valence-corrected chi connectivity index (χ0v) is 7.93. The highest BCUT2D eigenvalue weighted by Gasteiger charge is 2.00. The summed E-state index contributed by atoms with van der Waals surface area (Å²) in [7, 11) is 0. The van der Waals surface area contributed by atoms with Crippen molar-refractivity contribution in [3.8, 4) is 0 Å². The molecule has 0 amide bonds. The standard InChI is InChI=1S/C10H13ClO/c1-2-8-3-4-10(11)7-9(8)5-6-12/h3-4,7,12H,2,5-6H2,1H3. The second kappa shape index (κ2) is 4.48. The van der Waals surface area contributed by atoms with Gasteiger partial charge in [-0.1, -0.05) is 24.6 Å². The molecule has 0 atom stereocenters. The van der Waals surface area contributed by atoms with Crippen molar-refractivity contribution >= 4 is 11.6 Å². The molecule has 66 valence electrons. The molecule has 0 fully saturated rings. The molecule has 0 aliphatic heterocycles. The summed E-state index contributed by atoms with van der Waals surface area (Å²) in [5.41, 5.74) is 2.43. The van der Waals surface area contributed by atoms with E-state index in [1.165, 1.54) is 5.56 Å². The average molecular weight is 185 g/mol. The van der Waals surface area contributed by atoms with Crippen molar-refractivity contribution in [3.05, 3.63) is 34.3 Å². The van der Waals surface area contributed by atoms with Gasteiger partial charge >= 0.3 is 0 Å². The first kappa shape index (κ1) is 9.56. The Labute approximate surface area is 78.0 Å². The first-order valence-electron chi connectivity index (χ1n) is 4.16. The number of rotatable bonds is 3. The van der Waals surface area contributed by atoms with Crippen LogP contribution in [0.1, 0.15) is 18.1 Å². The van der Waals surface area contributed by atoms with Gasteiger partial charge in [0, 0.05) is 11.6 Å². The second-order valence-electron chi connectivity index (χ2n) is 2.74. The molecule has 1 nitrogen and oxygen atoms in total. The van der Waals surface area contributed by atoms with Gasteiger partial charge in [0.25, 0.3) is 0 Å². The molecule has 1 N–H and O–H groups in total. The van der Waals surface area contributed by atoms with Gasteiger partial charge in [-0.3, -0.25) is 0 Å². The molecule has 0 saturated heterocycles. The van der Waals surface area contributed by atoms with Gasteiger partial charge in [0.2, 0.25) is 0 Å². The number of benzene rings is 1. The van der Waals surface area contributed by atoms with Crippen LogP contribution in [0.15, 0.2) is 18.2 Å². The number of hydrogen-bond acceptors (Lipinski definition) is 1. The Morgan fingerprint density at radius 1 is 1.33 bits per heavy atom. The molecule has 1 aromatic carbocycles. The molecule has 0 radical (unpaired) electrons. The highest BCUT2D eigenvalue weighted by Crippen LogP contribution is 2.16. The monoisotopic (exact) mass is 184 g/mol. The highest BCUT2D eigenvalue weighted by molar-refractivity contribution is 6.30. The maximum absolute atomic E-state index is 8.79. The van der Waals surface area contributed by atoms with E-state index in [2.05, 4.69) is 6.92 Å². The van der Waals surface area contributed by atoms with Gasteiger partial charge in [-0.25, -0.2) is 0 Å². The molecule has 12 heavy (non-hydrogen) atoms. The Bertz CT molecular complexity index is 258. The lowest BCUT2D eigenvalue weighted by molar-refractivity contribution is 0.299. The second-order valence-corrected chi connectivity index (χ2v) is 3.18. The van der Waals surface area contributed by atoms with E-state index in [0.717, 1.165) is 17.0 Å². The molecule has 0 heterocycles. The Morgan fingerprint density at radius 2 is 2.08 bits per heavy atom. The summed E-state index contributed by atoms with van der Waals surface area (Å²) in [5, 5.41) is 9.53. The van der Waals surface area contributed by atoms with Crippen LogP contribution in [0.5, 0.6) is 0 Å². The van der Waals surface area contributed by atoms with E-state index in [9.17, 15) is 0 Å². The zero-order valence-electron chi connectivity index (χ0n) is 7.18. The molecular weight excluding hydrogens is 172 g/mol. The van der Waals surface area contributed by atoms with Gasteiger partial charge in [0.05, 0.1) is 0 Å². The lowest BCUT2D eigenvalue weighted by Crippen LogP contribution is -1.96. The fourth-order valence-corrected chi connectivity index (χ4v) is 1.49. The lowest BCUT2D eigenvalue weighted by Gasteiger charge is -2.05. The maximum Gasteiger partial charge on any atom is 0.0471 e. The first-order chi connectivity index (χ1) is 5.77. The van der Waals surface area contributed by atoms with Gasteiger partial charge in [0.15, 0.2) is 0 Å². The molecule has 1 aromatic rings. The van der Waals surface area contributed by atoms with E-state index in [1.807, 2.05) is 18.2 Å². The Hall–Kier alpha value is -0.530. The van der Waals surface area contributed by atoms with E-state index in [-0.39, 0.29) is 6.61 Å². The molecule has 1 rings (SSSR count). The Balaban J connectivity index is 2.95. The number of halogens is 1. The third kappa shape index (κ3) is 2.23. The normalized spacial score (nSPS) is 10.2. The number of aliphatic hydroxyl groups excluding tert-OH is 1. The van der Waals surface area contributed by atoms with Gasteiger partial charge in [-0.15, -0.1) is 0 Å². The van der Waals surface area contributed by atoms with Crippen LogP contribution in [0.2, 0.25) is 5.02 Å². The van der Waals surface area contributed by atoms with E-state index < -0.39 is 0 Å². The Kier molecular flexibility index (Phi) is 3.57. The van der Waals surface area contributed by atoms with E-state index in [1.54, 1.807) is 0 Å². The van der Waals surface area contributed by atoms with Gasteiger partial charge in [-0.2, -0.15) is 0 Å². The molecular formula is C10H13ClO. The summed E-state index contributed by atoms with van der Waals surface area (Å²) in [5.74, 6) is 0. The summed E-state index contributed by atoms with van der Waals surface area (Å²) < 4.78 is 0. The van der Waals surface area contributed by atoms with E-state index in [4.69, 9.17) is 16.7 Å². The summed E-state index contributed by atoms with van der Waals surface area (Å²) in [6, 6.07) is 5.84. The minimum atomic E-state index is 0.188. The molecule has 0 spiro atoms. The van der Waals surface area contributed by atoms with Gasteiger partial charge in [0.1, 0.15) is 0 Å². The largest absolute Gasteiger partial charge is 0.396 e. The van der Waals surface area contributed by atoms with Crippen molar-refractivity contribution in [1.82, 2.24) is 0 Å². The topological polar surface area (TPSA) is 20.2 Å². The fraction of sp³-hybridized carbons (Fsp3) is 0.400. The van der Waals surface area contributed by atoms with Crippen LogP contribution < -0.4 is 0 Å². The van der Waals surface area contributed by atoms with E-state index in [0.29, 0.717) is 6.42 Å². The third-order valence-electron chi connectivity index (χ3n) is 1.93. The number of aliphatic hydroxyl groups is 1. The van der Waals surface area contributed by atoms with Crippen LogP contribution in [0, 0.1) is 0 Å². The predicted octanol–water partition coefficient (Wildman–Crippen LogP) is 2.44. The van der Waals surface area contributed by atoms with Crippen molar-refractivity contribution in [3.63, 3.8) is 0 Å². The molecule has 0 aromatic heterocycles. The molecule has 2 heteroatoms. The third-order valence-corrected chi connectivity index (χ3v) is 2.17. The van der Waals surface area contributed by atoms with Crippen LogP contribution in [0.3, 0.4) is 0 Å². The van der Waals surface area contributed by atoms with Crippen molar-refractivity contribution in [2.45, 2.75) is 19.8 Å². The SMILES string of the molecule is CCc1ccc(Cl)cc1CCO. The summed E-state index contributed by atoms with van der Waals surface area (Å²) in [6.07, 6.45) is 1.69. The molecule has 0 bridgehead atoms. The number of hydrogen-bond donors (Lipinski definition) is 1. The van der Waals surface area contributed by atoms with Gasteiger partial charge in [-0.05, 0) is 36.1 Å². The predicted molar refractivity (Wildman–Crippen MR) is 51.6 cm³/mol. The summed E-state index contributed by atoms with van der Waals surface area (Å²) >= 11 is 5.83.